The van der Waals surface area contributed by atoms with Crippen LogP contribution in [0.25, 0.3) is 97.0 Å². The molecule has 0 saturated carbocycles. The van der Waals surface area contributed by atoms with E-state index >= 15 is 0 Å². The molecule has 0 aliphatic heterocycles. The number of anilines is 3. The second-order valence-electron chi connectivity index (χ2n) is 15.2. The molecular formula is C56H35NOS. The maximum Gasteiger partial charge on any atom is 0.143 e. The van der Waals surface area contributed by atoms with Crippen LogP contribution in [-0.2, 0) is 0 Å². The second kappa shape index (κ2) is 13.6. The topological polar surface area (TPSA) is 16.4 Å². The molecule has 2 heterocycles. The molecule has 0 saturated heterocycles. The Bertz CT molecular complexity index is 3530. The standard InChI is InChI=1S/C56H35NOS/c1-3-14-36(15-4-1)37-26-30-40(31-27-37)57(41-32-28-39(29-33-41)42-23-13-24-48-45-20-11-12-25-53(45)59-56(42)48)51-35-52-50(34-49(51)38-16-5-2-6-17-38)54-46-21-9-7-18-43(46)44-19-8-10-22-47(44)55(54)58-52/h1-35H. The molecule has 0 radical (unpaired) electrons. The van der Waals surface area contributed by atoms with Crippen molar-refractivity contribution in [1.82, 2.24) is 0 Å². The van der Waals surface area contributed by atoms with Crippen LogP contribution in [0, 0.1) is 0 Å². The largest absolute Gasteiger partial charge is 0.455 e. The lowest BCUT2D eigenvalue weighted by atomic mass is 9.94. The lowest BCUT2D eigenvalue weighted by molar-refractivity contribution is 0.673. The summed E-state index contributed by atoms with van der Waals surface area (Å²) in [5.41, 5.74) is 12.0. The van der Waals surface area contributed by atoms with E-state index in [2.05, 4.69) is 217 Å². The summed E-state index contributed by atoms with van der Waals surface area (Å²) in [6.45, 7) is 0. The Balaban J connectivity index is 1.10. The number of hydrogen-bond acceptors (Lipinski definition) is 3. The van der Waals surface area contributed by atoms with E-state index in [4.69, 9.17) is 4.42 Å². The molecular weight excluding hydrogens is 735 g/mol. The number of fused-ring (bicyclic) bond motifs is 11. The van der Waals surface area contributed by atoms with Gasteiger partial charge in [-0.25, -0.2) is 0 Å². The summed E-state index contributed by atoms with van der Waals surface area (Å²) < 4.78 is 9.65. The normalized spacial score (nSPS) is 11.7. The van der Waals surface area contributed by atoms with E-state index < -0.39 is 0 Å². The average Bonchev–Trinajstić information content (AvgIpc) is 3.89. The third-order valence-corrected chi connectivity index (χ3v) is 13.1. The molecule has 276 valence electrons. The summed E-state index contributed by atoms with van der Waals surface area (Å²) in [7, 11) is 0. The Morgan fingerprint density at radius 1 is 0.356 bits per heavy atom. The molecule has 12 aromatic rings. The average molecular weight is 770 g/mol. The van der Waals surface area contributed by atoms with Crippen molar-refractivity contribution in [2.75, 3.05) is 4.90 Å². The van der Waals surface area contributed by atoms with Gasteiger partial charge >= 0.3 is 0 Å². The number of hydrogen-bond donors (Lipinski definition) is 0. The van der Waals surface area contributed by atoms with Crippen LogP contribution in [0.4, 0.5) is 17.1 Å². The maximum absolute atomic E-state index is 7.02. The van der Waals surface area contributed by atoms with Gasteiger partial charge in [-0.3, -0.25) is 0 Å². The molecule has 0 bridgehead atoms. The molecule has 2 nitrogen and oxygen atoms in total. The number of furan rings is 1. The first-order valence-electron chi connectivity index (χ1n) is 20.1. The molecule has 10 aromatic carbocycles. The van der Waals surface area contributed by atoms with Crippen molar-refractivity contribution in [3.63, 3.8) is 0 Å². The van der Waals surface area contributed by atoms with Gasteiger partial charge in [0.2, 0.25) is 0 Å². The first kappa shape index (κ1) is 33.7. The number of rotatable bonds is 6. The van der Waals surface area contributed by atoms with E-state index in [-0.39, 0.29) is 0 Å². The Labute approximate surface area is 345 Å². The highest BCUT2D eigenvalue weighted by molar-refractivity contribution is 7.26. The predicted molar refractivity (Wildman–Crippen MR) is 253 cm³/mol. The summed E-state index contributed by atoms with van der Waals surface area (Å²) >= 11 is 1.87. The molecule has 0 aliphatic carbocycles. The van der Waals surface area contributed by atoms with Gasteiger partial charge in [0, 0.05) is 59.3 Å². The number of thiophene rings is 1. The van der Waals surface area contributed by atoms with Gasteiger partial charge in [0.15, 0.2) is 0 Å². The molecule has 0 spiro atoms. The Hall–Kier alpha value is -7.46. The van der Waals surface area contributed by atoms with Gasteiger partial charge in [-0.05, 0) is 80.4 Å². The van der Waals surface area contributed by atoms with Crippen LogP contribution in [0.3, 0.4) is 0 Å². The Morgan fingerprint density at radius 3 is 1.59 bits per heavy atom. The highest BCUT2D eigenvalue weighted by Gasteiger charge is 2.23. The zero-order chi connectivity index (χ0) is 38.9. The zero-order valence-electron chi connectivity index (χ0n) is 32.0. The third kappa shape index (κ3) is 5.47. The van der Waals surface area contributed by atoms with Crippen LogP contribution in [0.1, 0.15) is 0 Å². The number of nitrogens with zero attached hydrogens (tertiary/aromatic N) is 1. The summed E-state index contributed by atoms with van der Waals surface area (Å²) in [6, 6.07) is 76.8. The summed E-state index contributed by atoms with van der Waals surface area (Å²) in [5.74, 6) is 0. The molecule has 3 heteroatoms. The fourth-order valence-corrected chi connectivity index (χ4v) is 10.3. The smallest absolute Gasteiger partial charge is 0.143 e. The fourth-order valence-electron chi connectivity index (χ4n) is 9.10. The summed E-state index contributed by atoms with van der Waals surface area (Å²) in [5, 5.41) is 9.63. The minimum absolute atomic E-state index is 0.857. The number of benzene rings is 10. The molecule has 0 N–H and O–H groups in total. The Kier molecular flexibility index (Phi) is 7.75. The molecule has 12 rings (SSSR count). The van der Waals surface area contributed by atoms with Gasteiger partial charge in [0.25, 0.3) is 0 Å². The highest BCUT2D eigenvalue weighted by Crippen LogP contribution is 2.48. The van der Waals surface area contributed by atoms with Crippen molar-refractivity contribution in [2.45, 2.75) is 0 Å². The van der Waals surface area contributed by atoms with E-state index in [1.165, 1.54) is 58.6 Å². The van der Waals surface area contributed by atoms with Crippen molar-refractivity contribution in [2.24, 2.45) is 0 Å². The van der Waals surface area contributed by atoms with Gasteiger partial charge < -0.3 is 9.32 Å². The minimum atomic E-state index is 0.857. The van der Waals surface area contributed by atoms with Crippen molar-refractivity contribution in [3.8, 4) is 33.4 Å². The van der Waals surface area contributed by atoms with Gasteiger partial charge in [-0.1, -0.05) is 170 Å². The Morgan fingerprint density at radius 2 is 0.881 bits per heavy atom. The SMILES string of the molecule is c1ccc(-c2ccc(N(c3ccc(-c4cccc5c4sc4ccccc45)cc3)c3cc4oc5c6ccccc6c6ccccc6c5c4cc3-c3ccccc3)cc2)cc1. The molecule has 2 aromatic heterocycles. The molecule has 0 aliphatic rings. The van der Waals surface area contributed by atoms with E-state index in [0.717, 1.165) is 55.5 Å². The highest BCUT2D eigenvalue weighted by atomic mass is 32.1. The zero-order valence-corrected chi connectivity index (χ0v) is 32.8. The van der Waals surface area contributed by atoms with Crippen molar-refractivity contribution in [3.05, 3.63) is 212 Å². The lowest BCUT2D eigenvalue weighted by Crippen LogP contribution is -2.11. The first-order chi connectivity index (χ1) is 29.3. The molecule has 0 atom stereocenters. The first-order valence-corrected chi connectivity index (χ1v) is 20.9. The molecule has 59 heavy (non-hydrogen) atoms. The van der Waals surface area contributed by atoms with E-state index in [1.54, 1.807) is 0 Å². The quantitative estimate of drug-likeness (QED) is 0.157. The second-order valence-corrected chi connectivity index (χ2v) is 16.3. The van der Waals surface area contributed by atoms with Crippen LogP contribution in [0.5, 0.6) is 0 Å². The molecule has 0 amide bonds. The van der Waals surface area contributed by atoms with Crippen molar-refractivity contribution in [1.29, 1.82) is 0 Å². The summed E-state index contributed by atoms with van der Waals surface area (Å²) in [6.07, 6.45) is 0. The molecule has 0 unspecified atom stereocenters. The van der Waals surface area contributed by atoms with Crippen LogP contribution >= 0.6 is 11.3 Å². The summed E-state index contributed by atoms with van der Waals surface area (Å²) in [4.78, 5) is 2.39. The van der Waals surface area contributed by atoms with Crippen molar-refractivity contribution >= 4 is 92.1 Å². The monoisotopic (exact) mass is 769 g/mol. The van der Waals surface area contributed by atoms with Gasteiger partial charge in [0.1, 0.15) is 11.2 Å². The van der Waals surface area contributed by atoms with Gasteiger partial charge in [0.05, 0.1) is 5.69 Å². The van der Waals surface area contributed by atoms with E-state index in [0.29, 0.717) is 0 Å². The van der Waals surface area contributed by atoms with E-state index in [1.807, 2.05) is 11.3 Å². The fraction of sp³-hybridized carbons (Fsp3) is 0. The van der Waals surface area contributed by atoms with Crippen LogP contribution < -0.4 is 4.90 Å². The molecule has 0 fully saturated rings. The van der Waals surface area contributed by atoms with Gasteiger partial charge in [-0.15, -0.1) is 11.3 Å². The van der Waals surface area contributed by atoms with Crippen molar-refractivity contribution < 1.29 is 4.42 Å². The maximum atomic E-state index is 7.02. The van der Waals surface area contributed by atoms with E-state index in [9.17, 15) is 0 Å². The van der Waals surface area contributed by atoms with Crippen LogP contribution in [0.15, 0.2) is 217 Å². The van der Waals surface area contributed by atoms with Crippen LogP contribution in [-0.4, -0.2) is 0 Å². The lowest BCUT2D eigenvalue weighted by Gasteiger charge is -2.28. The minimum Gasteiger partial charge on any atom is -0.455 e. The van der Waals surface area contributed by atoms with Gasteiger partial charge in [-0.2, -0.15) is 0 Å². The predicted octanol–water partition coefficient (Wildman–Crippen LogP) is 16.7. The third-order valence-electron chi connectivity index (χ3n) is 11.9. The van der Waals surface area contributed by atoms with Crippen LogP contribution in [0.2, 0.25) is 0 Å².